The minimum absolute atomic E-state index is 0.126. The average molecular weight is 452 g/mol. The quantitative estimate of drug-likeness (QED) is 0.247. The van der Waals surface area contributed by atoms with E-state index in [-0.39, 0.29) is 11.5 Å². The van der Waals surface area contributed by atoms with Crippen molar-refractivity contribution in [2.75, 3.05) is 5.75 Å². The zero-order valence-electron chi connectivity index (χ0n) is 15.6. The fourth-order valence-corrected chi connectivity index (χ4v) is 4.07. The summed E-state index contributed by atoms with van der Waals surface area (Å²) in [6, 6.07) is 24.4. The van der Waals surface area contributed by atoms with E-state index in [2.05, 4.69) is 10.2 Å². The van der Waals surface area contributed by atoms with E-state index in [9.17, 15) is 4.79 Å². The predicted octanol–water partition coefficient (Wildman–Crippen LogP) is 6.49. The second-order valence-electron chi connectivity index (χ2n) is 6.36. The molecule has 4 nitrogen and oxygen atoms in total. The first-order valence-corrected chi connectivity index (χ1v) is 10.8. The van der Waals surface area contributed by atoms with Gasteiger partial charge < -0.3 is 0 Å². The second kappa shape index (κ2) is 9.39. The molecule has 0 radical (unpaired) electrons. The summed E-state index contributed by atoms with van der Waals surface area (Å²) >= 11 is 13.3. The van der Waals surface area contributed by atoms with Crippen molar-refractivity contribution in [1.82, 2.24) is 15.2 Å². The summed E-state index contributed by atoms with van der Waals surface area (Å²) < 4.78 is 0. The van der Waals surface area contributed by atoms with E-state index in [4.69, 9.17) is 28.2 Å². The maximum atomic E-state index is 12.6. The third-order valence-corrected chi connectivity index (χ3v) is 5.71. The van der Waals surface area contributed by atoms with Crippen molar-refractivity contribution in [2.45, 2.75) is 5.16 Å². The van der Waals surface area contributed by atoms with Crippen molar-refractivity contribution in [3.8, 4) is 22.5 Å². The van der Waals surface area contributed by atoms with E-state index < -0.39 is 0 Å². The van der Waals surface area contributed by atoms with Crippen LogP contribution in [0.5, 0.6) is 0 Å². The number of thioether (sulfide) groups is 1. The Bertz CT molecular complexity index is 1190. The molecule has 0 unspecified atom stereocenters. The van der Waals surface area contributed by atoms with Gasteiger partial charge in [0.25, 0.3) is 0 Å². The lowest BCUT2D eigenvalue weighted by Crippen LogP contribution is -2.05. The molecule has 1 aromatic heterocycles. The Morgan fingerprint density at radius 3 is 2.07 bits per heavy atom. The van der Waals surface area contributed by atoms with Crippen LogP contribution in [0.3, 0.4) is 0 Å². The summed E-state index contributed by atoms with van der Waals surface area (Å²) in [6.07, 6.45) is 0. The number of carbonyl (C=O) groups is 1. The molecule has 3 aromatic carbocycles. The highest BCUT2D eigenvalue weighted by Crippen LogP contribution is 2.30. The van der Waals surface area contributed by atoms with Crippen molar-refractivity contribution in [3.63, 3.8) is 0 Å². The Labute approximate surface area is 188 Å². The van der Waals surface area contributed by atoms with Gasteiger partial charge in [0.05, 0.1) is 10.8 Å². The smallest absolute Gasteiger partial charge is 0.210 e. The number of carbonyl (C=O) groups excluding carboxylic acids is 1. The van der Waals surface area contributed by atoms with Crippen molar-refractivity contribution >= 4 is 40.7 Å². The molecule has 0 saturated carbocycles. The number of hydrogen-bond acceptors (Lipinski definition) is 5. The molecular weight excluding hydrogens is 437 g/mol. The molecule has 0 spiro atoms. The Kier molecular flexibility index (Phi) is 6.43. The lowest BCUT2D eigenvalue weighted by atomic mass is 10.0. The molecule has 0 N–H and O–H groups in total. The number of halogens is 2. The lowest BCUT2D eigenvalue weighted by molar-refractivity contribution is 0.102. The zero-order valence-corrected chi connectivity index (χ0v) is 18.0. The molecule has 0 fully saturated rings. The van der Waals surface area contributed by atoms with Crippen LogP contribution in [0.1, 0.15) is 10.4 Å². The van der Waals surface area contributed by atoms with Crippen molar-refractivity contribution < 1.29 is 4.79 Å². The van der Waals surface area contributed by atoms with Crippen molar-refractivity contribution in [3.05, 3.63) is 94.5 Å². The summed E-state index contributed by atoms with van der Waals surface area (Å²) in [7, 11) is 0. The van der Waals surface area contributed by atoms with Crippen LogP contribution in [0.15, 0.2) is 84.0 Å². The predicted molar refractivity (Wildman–Crippen MR) is 122 cm³/mol. The molecule has 4 rings (SSSR count). The molecule has 0 aliphatic heterocycles. The molecule has 0 aliphatic rings. The van der Waals surface area contributed by atoms with Crippen molar-refractivity contribution in [2.24, 2.45) is 0 Å². The number of nitrogens with zero attached hydrogens (tertiary/aromatic N) is 3. The Balaban J connectivity index is 1.62. The average Bonchev–Trinajstić information content (AvgIpc) is 2.78. The van der Waals surface area contributed by atoms with Gasteiger partial charge in [0.15, 0.2) is 5.78 Å². The molecular formula is C23H15Cl2N3OS. The molecule has 0 bridgehead atoms. The summed E-state index contributed by atoms with van der Waals surface area (Å²) in [6.45, 7) is 0. The molecule has 0 aliphatic carbocycles. The van der Waals surface area contributed by atoms with Gasteiger partial charge in [0, 0.05) is 21.7 Å². The van der Waals surface area contributed by atoms with Crippen LogP contribution in [0.2, 0.25) is 10.0 Å². The second-order valence-corrected chi connectivity index (χ2v) is 8.15. The van der Waals surface area contributed by atoms with E-state index in [0.717, 1.165) is 16.8 Å². The molecule has 0 atom stereocenters. The van der Waals surface area contributed by atoms with Crippen LogP contribution in [-0.4, -0.2) is 26.7 Å². The first kappa shape index (κ1) is 20.5. The van der Waals surface area contributed by atoms with E-state index in [0.29, 0.717) is 26.5 Å². The van der Waals surface area contributed by atoms with Gasteiger partial charge in [-0.25, -0.2) is 4.98 Å². The minimum atomic E-state index is -0.126. The van der Waals surface area contributed by atoms with Crippen LogP contribution in [0.4, 0.5) is 0 Å². The van der Waals surface area contributed by atoms with Gasteiger partial charge in [0.2, 0.25) is 5.16 Å². The number of benzene rings is 3. The van der Waals surface area contributed by atoms with Gasteiger partial charge in [-0.1, -0.05) is 95.6 Å². The van der Waals surface area contributed by atoms with Crippen LogP contribution in [0.25, 0.3) is 22.5 Å². The normalized spacial score (nSPS) is 10.7. The molecule has 4 aromatic rings. The Morgan fingerprint density at radius 1 is 0.800 bits per heavy atom. The summed E-state index contributed by atoms with van der Waals surface area (Å²) in [5.74, 6) is 0.0146. The first-order chi connectivity index (χ1) is 14.6. The van der Waals surface area contributed by atoms with Crippen LogP contribution >= 0.6 is 35.0 Å². The summed E-state index contributed by atoms with van der Waals surface area (Å²) in [4.78, 5) is 17.3. The van der Waals surface area contributed by atoms with Gasteiger partial charge in [-0.3, -0.25) is 4.79 Å². The van der Waals surface area contributed by atoms with Crippen molar-refractivity contribution in [1.29, 1.82) is 0 Å². The number of aromatic nitrogens is 3. The van der Waals surface area contributed by atoms with Gasteiger partial charge in [-0.2, -0.15) is 0 Å². The number of ketones is 1. The topological polar surface area (TPSA) is 55.7 Å². The summed E-state index contributed by atoms with van der Waals surface area (Å²) in [5, 5.41) is 9.90. The highest BCUT2D eigenvalue weighted by Gasteiger charge is 2.16. The van der Waals surface area contributed by atoms with Crippen LogP contribution in [-0.2, 0) is 0 Å². The largest absolute Gasteiger partial charge is 0.293 e. The highest BCUT2D eigenvalue weighted by molar-refractivity contribution is 7.99. The zero-order chi connectivity index (χ0) is 20.9. The number of hydrogen-bond donors (Lipinski definition) is 0. The first-order valence-electron chi connectivity index (χ1n) is 9.08. The van der Waals surface area contributed by atoms with Gasteiger partial charge in [0.1, 0.15) is 11.4 Å². The number of Topliss-reactive ketones (excluding diaryl/α,β-unsaturated/α-hetero) is 1. The minimum Gasteiger partial charge on any atom is -0.293 e. The van der Waals surface area contributed by atoms with E-state index >= 15 is 0 Å². The lowest BCUT2D eigenvalue weighted by Gasteiger charge is -2.09. The van der Waals surface area contributed by atoms with Crippen LogP contribution < -0.4 is 0 Å². The summed E-state index contributed by atoms with van der Waals surface area (Å²) in [5.41, 5.74) is 3.69. The number of rotatable bonds is 6. The third-order valence-electron chi connectivity index (χ3n) is 4.33. The van der Waals surface area contributed by atoms with E-state index in [1.54, 1.807) is 18.2 Å². The molecule has 7 heteroatoms. The fourth-order valence-electron chi connectivity index (χ4n) is 2.88. The van der Waals surface area contributed by atoms with E-state index in [1.165, 1.54) is 11.8 Å². The Hall–Kier alpha value is -2.73. The molecule has 30 heavy (non-hydrogen) atoms. The third kappa shape index (κ3) is 4.70. The van der Waals surface area contributed by atoms with Gasteiger partial charge >= 0.3 is 0 Å². The highest BCUT2D eigenvalue weighted by atomic mass is 35.5. The Morgan fingerprint density at radius 2 is 1.43 bits per heavy atom. The molecule has 148 valence electrons. The fraction of sp³-hybridized carbons (Fsp3) is 0.0435. The van der Waals surface area contributed by atoms with Gasteiger partial charge in [-0.15, -0.1) is 10.2 Å². The standard InChI is InChI=1S/C23H15Cl2N3OS/c24-17-11-12-18(19(25)13-17)20(29)14-30-23-26-21(15-7-3-1-4-8-15)22(27-28-23)16-9-5-2-6-10-16/h1-13H,14H2. The molecule has 0 amide bonds. The van der Waals surface area contributed by atoms with E-state index in [1.807, 2.05) is 60.7 Å². The maximum Gasteiger partial charge on any atom is 0.210 e. The maximum absolute atomic E-state index is 12.6. The van der Waals surface area contributed by atoms with Crippen LogP contribution in [0, 0.1) is 0 Å². The molecule has 1 heterocycles. The van der Waals surface area contributed by atoms with Gasteiger partial charge in [-0.05, 0) is 18.2 Å². The monoisotopic (exact) mass is 451 g/mol. The molecule has 0 saturated heterocycles. The SMILES string of the molecule is O=C(CSc1nnc(-c2ccccc2)c(-c2ccccc2)n1)c1ccc(Cl)cc1Cl.